The van der Waals surface area contributed by atoms with Crippen LogP contribution >= 0.6 is 0 Å². The van der Waals surface area contributed by atoms with Crippen LogP contribution in [0.3, 0.4) is 0 Å². The Hall–Kier alpha value is -5.44. The standard InChI is InChI=1S/C29H20N4O5/c1-32-21-13-7-5-11-17(21)26(35)23(29(32)38)24-19(27(36)31-30-24)15-20-25(34)18-12-6-8-14-22(18)33(28(20)37)16-9-3-2-4-10-16/h2-15,34-35H,1H3,(H,31,36)/b19-15-. The molecule has 2 aromatic heterocycles. The fraction of sp³-hybridized carbons (Fsp3) is 0.0345. The molecule has 6 rings (SSSR count). The third kappa shape index (κ3) is 3.33. The lowest BCUT2D eigenvalue weighted by molar-refractivity contribution is -0.116. The molecule has 186 valence electrons. The van der Waals surface area contributed by atoms with Crippen LogP contribution in [-0.2, 0) is 11.8 Å². The van der Waals surface area contributed by atoms with Gasteiger partial charge in [0.1, 0.15) is 22.8 Å². The van der Waals surface area contributed by atoms with E-state index in [2.05, 4.69) is 10.5 Å². The zero-order chi connectivity index (χ0) is 26.6. The number of aromatic nitrogens is 2. The van der Waals surface area contributed by atoms with Crippen molar-refractivity contribution in [3.63, 3.8) is 0 Å². The number of nitrogens with one attached hydrogen (secondary N) is 1. The van der Waals surface area contributed by atoms with Crippen molar-refractivity contribution in [2.45, 2.75) is 0 Å². The number of hydrogen-bond acceptors (Lipinski definition) is 6. The summed E-state index contributed by atoms with van der Waals surface area (Å²) in [6.07, 6.45) is 1.21. The van der Waals surface area contributed by atoms with Crippen LogP contribution in [0.1, 0.15) is 11.1 Å². The Morgan fingerprint density at radius 2 is 1.37 bits per heavy atom. The number of hydrogen-bond donors (Lipinski definition) is 3. The third-order valence-electron chi connectivity index (χ3n) is 6.67. The predicted molar refractivity (Wildman–Crippen MR) is 145 cm³/mol. The highest BCUT2D eigenvalue weighted by Gasteiger charge is 2.31. The molecule has 0 saturated heterocycles. The van der Waals surface area contributed by atoms with E-state index in [1.54, 1.807) is 79.8 Å². The first kappa shape index (κ1) is 23.0. The number of aromatic hydroxyl groups is 2. The number of hydrazone groups is 1. The zero-order valence-electron chi connectivity index (χ0n) is 20.0. The van der Waals surface area contributed by atoms with E-state index in [-0.39, 0.29) is 33.9 Å². The normalized spacial score (nSPS) is 14.3. The van der Waals surface area contributed by atoms with E-state index in [1.807, 2.05) is 6.07 Å². The molecule has 9 heteroatoms. The van der Waals surface area contributed by atoms with Gasteiger partial charge in [-0.25, -0.2) is 5.43 Å². The van der Waals surface area contributed by atoms with E-state index < -0.39 is 17.0 Å². The summed E-state index contributed by atoms with van der Waals surface area (Å²) in [4.78, 5) is 40.0. The molecule has 3 aromatic carbocycles. The first-order chi connectivity index (χ1) is 18.4. The minimum atomic E-state index is -0.687. The number of pyridine rings is 2. The van der Waals surface area contributed by atoms with Gasteiger partial charge < -0.3 is 14.8 Å². The summed E-state index contributed by atoms with van der Waals surface area (Å²) >= 11 is 0. The van der Waals surface area contributed by atoms with Gasteiger partial charge in [0.05, 0.1) is 22.2 Å². The molecule has 3 N–H and O–H groups in total. The molecule has 0 unspecified atom stereocenters. The highest BCUT2D eigenvalue weighted by Crippen LogP contribution is 2.32. The molecule has 3 heterocycles. The first-order valence-corrected chi connectivity index (χ1v) is 11.7. The number of aryl methyl sites for hydroxylation is 1. The average Bonchev–Trinajstić information content (AvgIpc) is 3.30. The molecule has 0 aliphatic carbocycles. The maximum absolute atomic E-state index is 13.8. The van der Waals surface area contributed by atoms with E-state index >= 15 is 0 Å². The van der Waals surface area contributed by atoms with Crippen molar-refractivity contribution in [3.8, 4) is 17.2 Å². The second-order valence-corrected chi connectivity index (χ2v) is 8.82. The second kappa shape index (κ2) is 8.59. The molecule has 0 saturated carbocycles. The zero-order valence-corrected chi connectivity index (χ0v) is 20.0. The van der Waals surface area contributed by atoms with E-state index in [9.17, 15) is 24.6 Å². The maximum Gasteiger partial charge on any atom is 0.273 e. The predicted octanol–water partition coefficient (Wildman–Crippen LogP) is 3.17. The first-order valence-electron chi connectivity index (χ1n) is 11.7. The van der Waals surface area contributed by atoms with Crippen LogP contribution in [0.15, 0.2) is 99.1 Å². The Labute approximate surface area is 214 Å². The molecule has 9 nitrogen and oxygen atoms in total. The van der Waals surface area contributed by atoms with Crippen molar-refractivity contribution in [2.24, 2.45) is 12.1 Å². The minimum absolute atomic E-state index is 0.128. The van der Waals surface area contributed by atoms with Gasteiger partial charge >= 0.3 is 0 Å². The Morgan fingerprint density at radius 1 is 0.763 bits per heavy atom. The molecule has 0 bridgehead atoms. The fourth-order valence-corrected chi connectivity index (χ4v) is 4.80. The Morgan fingerprint density at radius 3 is 2.08 bits per heavy atom. The van der Waals surface area contributed by atoms with Gasteiger partial charge in [0.25, 0.3) is 17.0 Å². The van der Waals surface area contributed by atoms with Gasteiger partial charge in [-0.1, -0.05) is 42.5 Å². The van der Waals surface area contributed by atoms with Gasteiger partial charge in [0.2, 0.25) is 0 Å². The Bertz CT molecular complexity index is 1980. The molecule has 0 fully saturated rings. The van der Waals surface area contributed by atoms with Gasteiger partial charge in [0, 0.05) is 23.5 Å². The van der Waals surface area contributed by atoms with Gasteiger partial charge in [-0.2, -0.15) is 5.10 Å². The summed E-state index contributed by atoms with van der Waals surface area (Å²) in [6.45, 7) is 0. The molecular formula is C29H20N4O5. The highest BCUT2D eigenvalue weighted by atomic mass is 16.3. The molecule has 38 heavy (non-hydrogen) atoms. The summed E-state index contributed by atoms with van der Waals surface area (Å²) in [5.41, 5.74) is 2.08. The van der Waals surface area contributed by atoms with Gasteiger partial charge in [-0.05, 0) is 42.5 Å². The molecule has 1 amide bonds. The second-order valence-electron chi connectivity index (χ2n) is 8.82. The van der Waals surface area contributed by atoms with Gasteiger partial charge in [0.15, 0.2) is 0 Å². The number of amides is 1. The van der Waals surface area contributed by atoms with E-state index in [4.69, 9.17) is 0 Å². The molecule has 0 radical (unpaired) electrons. The monoisotopic (exact) mass is 504 g/mol. The van der Waals surface area contributed by atoms with Crippen LogP contribution in [0.25, 0.3) is 33.6 Å². The van der Waals surface area contributed by atoms with Crippen molar-refractivity contribution in [2.75, 3.05) is 0 Å². The number of rotatable bonds is 3. The van der Waals surface area contributed by atoms with Crippen LogP contribution in [0, 0.1) is 0 Å². The molecule has 0 spiro atoms. The van der Waals surface area contributed by atoms with E-state index in [0.29, 0.717) is 27.5 Å². The lowest BCUT2D eigenvalue weighted by Crippen LogP contribution is -2.26. The summed E-state index contributed by atoms with van der Waals surface area (Å²) in [7, 11) is 1.55. The number of nitrogens with zero attached hydrogens (tertiary/aromatic N) is 3. The summed E-state index contributed by atoms with van der Waals surface area (Å²) in [6, 6.07) is 22.6. The highest BCUT2D eigenvalue weighted by molar-refractivity contribution is 6.34. The lowest BCUT2D eigenvalue weighted by Gasteiger charge is -2.14. The summed E-state index contributed by atoms with van der Waals surface area (Å²) < 4.78 is 2.79. The number of fused-ring (bicyclic) bond motifs is 2. The van der Waals surface area contributed by atoms with Crippen molar-refractivity contribution >= 4 is 39.5 Å². The van der Waals surface area contributed by atoms with Crippen LogP contribution < -0.4 is 16.5 Å². The largest absolute Gasteiger partial charge is 0.506 e. The molecule has 5 aromatic rings. The Kier molecular flexibility index (Phi) is 5.20. The van der Waals surface area contributed by atoms with Crippen LogP contribution in [-0.4, -0.2) is 31.0 Å². The fourth-order valence-electron chi connectivity index (χ4n) is 4.80. The summed E-state index contributed by atoms with van der Waals surface area (Å²) in [5, 5.41) is 27.0. The van der Waals surface area contributed by atoms with Crippen LogP contribution in [0.4, 0.5) is 0 Å². The number of carbonyl (C=O) groups is 1. The number of benzene rings is 3. The van der Waals surface area contributed by atoms with Crippen molar-refractivity contribution in [1.82, 2.24) is 14.6 Å². The minimum Gasteiger partial charge on any atom is -0.506 e. The molecule has 0 atom stereocenters. The maximum atomic E-state index is 13.8. The third-order valence-corrected chi connectivity index (χ3v) is 6.67. The van der Waals surface area contributed by atoms with Gasteiger partial charge in [-0.15, -0.1) is 0 Å². The van der Waals surface area contributed by atoms with Crippen LogP contribution in [0.5, 0.6) is 11.5 Å². The van der Waals surface area contributed by atoms with Crippen molar-refractivity contribution in [3.05, 3.63) is 116 Å². The number of carbonyl (C=O) groups excluding carboxylic acids is 1. The van der Waals surface area contributed by atoms with Gasteiger partial charge in [-0.3, -0.25) is 19.0 Å². The van der Waals surface area contributed by atoms with E-state index in [1.165, 1.54) is 15.2 Å². The topological polar surface area (TPSA) is 126 Å². The average molecular weight is 505 g/mol. The van der Waals surface area contributed by atoms with Crippen LogP contribution in [0.2, 0.25) is 0 Å². The quantitative estimate of drug-likeness (QED) is 0.326. The van der Waals surface area contributed by atoms with E-state index in [0.717, 1.165) is 0 Å². The lowest BCUT2D eigenvalue weighted by atomic mass is 9.98. The number of para-hydroxylation sites is 3. The molecule has 1 aliphatic heterocycles. The molecule has 1 aliphatic rings. The Balaban J connectivity index is 1.64. The van der Waals surface area contributed by atoms with Crippen molar-refractivity contribution in [1.29, 1.82) is 0 Å². The molecular weight excluding hydrogens is 484 g/mol. The SMILES string of the molecule is Cn1c(=O)c(C2=NNC(=O)/C2=C\c2c(O)c3ccccc3n(-c3ccccc3)c2=O)c(O)c2ccccc21. The smallest absolute Gasteiger partial charge is 0.273 e. The van der Waals surface area contributed by atoms with Crippen molar-refractivity contribution < 1.29 is 15.0 Å². The summed E-state index contributed by atoms with van der Waals surface area (Å²) in [5.74, 6) is -1.35.